The maximum Gasteiger partial charge on any atom is 0.337 e. The van der Waals surface area contributed by atoms with E-state index in [1.165, 1.54) is 5.56 Å². The largest absolute Gasteiger partial charge is 0.478 e. The molecule has 2 aromatic carbocycles. The molecule has 3 rings (SSSR count). The van der Waals surface area contributed by atoms with E-state index in [2.05, 4.69) is 45.0 Å². The summed E-state index contributed by atoms with van der Waals surface area (Å²) in [6.45, 7) is 6.19. The van der Waals surface area contributed by atoms with E-state index < -0.39 is 5.97 Å². The van der Waals surface area contributed by atoms with Crippen LogP contribution in [0.2, 0.25) is 0 Å². The molecule has 0 saturated heterocycles. The highest BCUT2D eigenvalue weighted by Gasteiger charge is 2.16. The number of hydrogen-bond acceptors (Lipinski definition) is 1. The first kappa shape index (κ1) is 14.4. The number of carbonyl (C=O) groups is 1. The van der Waals surface area contributed by atoms with Crippen LogP contribution in [0.5, 0.6) is 0 Å². The Hall–Kier alpha value is -2.55. The number of aromatic nitrogens is 1. The maximum absolute atomic E-state index is 11.4. The van der Waals surface area contributed by atoms with E-state index in [1.807, 2.05) is 22.8 Å². The lowest BCUT2D eigenvalue weighted by Gasteiger charge is -2.10. The zero-order chi connectivity index (χ0) is 15.9. The minimum atomic E-state index is -0.882. The summed E-state index contributed by atoms with van der Waals surface area (Å²) in [6, 6.07) is 14.5. The average molecular weight is 293 g/mol. The van der Waals surface area contributed by atoms with Crippen LogP contribution in [0.15, 0.2) is 48.7 Å². The van der Waals surface area contributed by atoms with Gasteiger partial charge in [-0.3, -0.25) is 0 Å². The van der Waals surface area contributed by atoms with Crippen LogP contribution in [0.4, 0.5) is 0 Å². The third-order valence-electron chi connectivity index (χ3n) is 3.97. The molecule has 0 atom stereocenters. The minimum absolute atomic E-state index is 0.211. The summed E-state index contributed by atoms with van der Waals surface area (Å²) in [6.07, 6.45) is 1.73. The van der Waals surface area contributed by atoms with Crippen LogP contribution in [0.25, 0.3) is 22.0 Å². The first-order chi connectivity index (χ1) is 10.5. The van der Waals surface area contributed by atoms with Crippen molar-refractivity contribution < 1.29 is 9.90 Å². The van der Waals surface area contributed by atoms with E-state index in [0.717, 1.165) is 22.0 Å². The first-order valence-electron chi connectivity index (χ1n) is 7.42. The minimum Gasteiger partial charge on any atom is -0.478 e. The van der Waals surface area contributed by atoms with Gasteiger partial charge in [0.15, 0.2) is 0 Å². The van der Waals surface area contributed by atoms with Gasteiger partial charge in [-0.05, 0) is 38.0 Å². The van der Waals surface area contributed by atoms with Crippen LogP contribution >= 0.6 is 0 Å². The van der Waals surface area contributed by atoms with Crippen LogP contribution in [0.1, 0.15) is 35.8 Å². The number of aryl methyl sites for hydroxylation is 1. The Morgan fingerprint density at radius 1 is 1.09 bits per heavy atom. The molecular formula is C19H19NO2. The summed E-state index contributed by atoms with van der Waals surface area (Å²) in [5, 5.41) is 10.2. The van der Waals surface area contributed by atoms with Crippen molar-refractivity contribution in [2.75, 3.05) is 0 Å². The zero-order valence-electron chi connectivity index (χ0n) is 13.0. The summed E-state index contributed by atoms with van der Waals surface area (Å²) in [4.78, 5) is 11.4. The van der Waals surface area contributed by atoms with Gasteiger partial charge in [-0.15, -0.1) is 0 Å². The quantitative estimate of drug-likeness (QED) is 0.746. The number of hydrogen-bond donors (Lipinski definition) is 1. The lowest BCUT2D eigenvalue weighted by Crippen LogP contribution is -1.99. The van der Waals surface area contributed by atoms with Gasteiger partial charge in [0.1, 0.15) is 0 Å². The molecule has 0 saturated carbocycles. The molecule has 0 bridgehead atoms. The Bertz CT molecular complexity index is 859. The monoisotopic (exact) mass is 293 g/mol. The molecule has 0 amide bonds. The van der Waals surface area contributed by atoms with Crippen LogP contribution < -0.4 is 0 Å². The Balaban J connectivity index is 2.25. The standard InChI is InChI=1S/C19H19NO2/c1-12(2)20-11-17(19(21)22)16-8-7-15(10-18(16)20)14-6-4-5-13(3)9-14/h4-12H,1-3H3,(H,21,22). The fraction of sp³-hybridized carbons (Fsp3) is 0.211. The van der Waals surface area contributed by atoms with Crippen molar-refractivity contribution in [1.29, 1.82) is 0 Å². The Labute approximate surface area is 129 Å². The van der Waals surface area contributed by atoms with Crippen molar-refractivity contribution in [3.8, 4) is 11.1 Å². The van der Waals surface area contributed by atoms with Gasteiger partial charge >= 0.3 is 5.97 Å². The second-order valence-corrected chi connectivity index (χ2v) is 5.95. The molecule has 0 aliphatic carbocycles. The van der Waals surface area contributed by atoms with E-state index in [0.29, 0.717) is 5.56 Å². The number of nitrogens with zero attached hydrogens (tertiary/aromatic N) is 1. The summed E-state index contributed by atoms with van der Waals surface area (Å²) < 4.78 is 2.03. The molecule has 112 valence electrons. The van der Waals surface area contributed by atoms with Crippen molar-refractivity contribution in [2.45, 2.75) is 26.8 Å². The highest BCUT2D eigenvalue weighted by molar-refractivity contribution is 6.04. The summed E-state index contributed by atoms with van der Waals surface area (Å²) in [5.74, 6) is -0.882. The Morgan fingerprint density at radius 3 is 2.45 bits per heavy atom. The third kappa shape index (κ3) is 2.39. The molecule has 0 aliphatic heterocycles. The second kappa shape index (κ2) is 5.34. The van der Waals surface area contributed by atoms with Crippen molar-refractivity contribution in [2.24, 2.45) is 0 Å². The number of carboxylic acids is 1. The third-order valence-corrected chi connectivity index (χ3v) is 3.97. The molecule has 1 aromatic heterocycles. The molecule has 3 heteroatoms. The topological polar surface area (TPSA) is 42.2 Å². The molecule has 22 heavy (non-hydrogen) atoms. The lowest BCUT2D eigenvalue weighted by molar-refractivity contribution is 0.0699. The van der Waals surface area contributed by atoms with Gasteiger partial charge in [0.2, 0.25) is 0 Å². The van der Waals surface area contributed by atoms with Gasteiger partial charge in [-0.2, -0.15) is 0 Å². The van der Waals surface area contributed by atoms with E-state index in [9.17, 15) is 9.90 Å². The SMILES string of the molecule is Cc1cccc(-c2ccc3c(C(=O)O)cn(C(C)C)c3c2)c1. The predicted octanol–water partition coefficient (Wildman–Crippen LogP) is 4.90. The summed E-state index contributed by atoms with van der Waals surface area (Å²) in [5.41, 5.74) is 4.79. The zero-order valence-corrected chi connectivity index (χ0v) is 13.0. The number of aromatic carboxylic acids is 1. The van der Waals surface area contributed by atoms with E-state index in [4.69, 9.17) is 0 Å². The van der Waals surface area contributed by atoms with E-state index in [-0.39, 0.29) is 6.04 Å². The van der Waals surface area contributed by atoms with Crippen LogP contribution in [0, 0.1) is 6.92 Å². The lowest BCUT2D eigenvalue weighted by atomic mass is 10.0. The highest BCUT2D eigenvalue weighted by atomic mass is 16.4. The van der Waals surface area contributed by atoms with Crippen LogP contribution in [0.3, 0.4) is 0 Å². The fourth-order valence-corrected chi connectivity index (χ4v) is 2.85. The van der Waals surface area contributed by atoms with Gasteiger partial charge in [-0.1, -0.05) is 42.0 Å². The van der Waals surface area contributed by atoms with Crippen molar-refractivity contribution in [3.05, 3.63) is 59.8 Å². The molecule has 1 heterocycles. The number of rotatable bonds is 3. The van der Waals surface area contributed by atoms with Gasteiger partial charge in [-0.25, -0.2) is 4.79 Å². The Morgan fingerprint density at radius 2 is 1.82 bits per heavy atom. The maximum atomic E-state index is 11.4. The molecule has 3 aromatic rings. The van der Waals surface area contributed by atoms with Crippen molar-refractivity contribution >= 4 is 16.9 Å². The number of benzene rings is 2. The molecule has 0 aliphatic rings. The highest BCUT2D eigenvalue weighted by Crippen LogP contribution is 2.30. The van der Waals surface area contributed by atoms with Gasteiger partial charge in [0, 0.05) is 23.1 Å². The normalized spacial score (nSPS) is 11.3. The molecule has 0 spiro atoms. The summed E-state index contributed by atoms with van der Waals surface area (Å²) >= 11 is 0. The fourth-order valence-electron chi connectivity index (χ4n) is 2.85. The van der Waals surface area contributed by atoms with E-state index in [1.54, 1.807) is 6.20 Å². The number of fused-ring (bicyclic) bond motifs is 1. The Kier molecular flexibility index (Phi) is 3.49. The second-order valence-electron chi connectivity index (χ2n) is 5.95. The van der Waals surface area contributed by atoms with Gasteiger partial charge in [0.25, 0.3) is 0 Å². The smallest absolute Gasteiger partial charge is 0.337 e. The van der Waals surface area contributed by atoms with Gasteiger partial charge < -0.3 is 9.67 Å². The van der Waals surface area contributed by atoms with Crippen LogP contribution in [-0.2, 0) is 0 Å². The van der Waals surface area contributed by atoms with Crippen molar-refractivity contribution in [1.82, 2.24) is 4.57 Å². The molecule has 1 N–H and O–H groups in total. The first-order valence-corrected chi connectivity index (χ1v) is 7.42. The molecule has 0 unspecified atom stereocenters. The predicted molar refractivity (Wildman–Crippen MR) is 89.5 cm³/mol. The molecule has 0 radical (unpaired) electrons. The molecular weight excluding hydrogens is 274 g/mol. The van der Waals surface area contributed by atoms with Gasteiger partial charge in [0.05, 0.1) is 5.56 Å². The average Bonchev–Trinajstić information content (AvgIpc) is 2.86. The summed E-state index contributed by atoms with van der Waals surface area (Å²) in [7, 11) is 0. The molecule has 0 fully saturated rings. The number of carboxylic acid groups (broad SMARTS) is 1. The van der Waals surface area contributed by atoms with Crippen LogP contribution in [-0.4, -0.2) is 15.6 Å². The molecule has 3 nitrogen and oxygen atoms in total. The van der Waals surface area contributed by atoms with Crippen molar-refractivity contribution in [3.63, 3.8) is 0 Å². The van der Waals surface area contributed by atoms with E-state index >= 15 is 0 Å².